The molecule has 0 amide bonds. The molecule has 0 radical (unpaired) electrons. The van der Waals surface area contributed by atoms with Gasteiger partial charge >= 0.3 is 0 Å². The van der Waals surface area contributed by atoms with Crippen molar-refractivity contribution in [2.24, 2.45) is 5.92 Å². The molecule has 2 aliphatic heterocycles. The van der Waals surface area contributed by atoms with Crippen LogP contribution >= 0.6 is 0 Å². The molecule has 2 unspecified atom stereocenters. The van der Waals surface area contributed by atoms with Crippen LogP contribution in [-0.4, -0.2) is 5.72 Å². The topological polar surface area (TPSA) is 12.5 Å². The van der Waals surface area contributed by atoms with Crippen LogP contribution < -0.4 is 9.64 Å². The minimum Gasteiger partial charge on any atom is -0.461 e. The molecule has 174 valence electrons. The van der Waals surface area contributed by atoms with E-state index in [1.807, 2.05) is 0 Å². The van der Waals surface area contributed by atoms with Crippen LogP contribution in [0.2, 0.25) is 0 Å². The summed E-state index contributed by atoms with van der Waals surface area (Å²) in [5, 5.41) is 0. The van der Waals surface area contributed by atoms with E-state index in [0.29, 0.717) is 5.92 Å². The molecule has 2 nitrogen and oxygen atoms in total. The number of allylic oxidation sites excluding steroid dienone is 2. The van der Waals surface area contributed by atoms with Gasteiger partial charge in [0.05, 0.1) is 5.69 Å². The van der Waals surface area contributed by atoms with Crippen LogP contribution in [0.1, 0.15) is 56.1 Å². The summed E-state index contributed by atoms with van der Waals surface area (Å²) in [6, 6.07) is 30.3. The largest absolute Gasteiger partial charge is 0.461 e. The molecule has 2 heteroatoms. The zero-order chi connectivity index (χ0) is 23.2. The first-order valence-electron chi connectivity index (χ1n) is 13.2. The Hall–Kier alpha value is -3.52. The molecule has 1 fully saturated rings. The highest BCUT2D eigenvalue weighted by Gasteiger charge is 2.59. The van der Waals surface area contributed by atoms with Crippen LogP contribution in [0, 0.1) is 5.92 Å². The number of hydrogen-bond donors (Lipinski definition) is 0. The van der Waals surface area contributed by atoms with Crippen LogP contribution in [0.15, 0.2) is 107 Å². The molecule has 35 heavy (non-hydrogen) atoms. The lowest BCUT2D eigenvalue weighted by Gasteiger charge is -2.53. The number of para-hydroxylation sites is 2. The lowest BCUT2D eigenvalue weighted by molar-refractivity contribution is 0.0353. The zero-order valence-corrected chi connectivity index (χ0v) is 20.1. The van der Waals surface area contributed by atoms with Gasteiger partial charge in [0.25, 0.3) is 0 Å². The molecule has 3 aromatic rings. The van der Waals surface area contributed by atoms with Gasteiger partial charge in [-0.25, -0.2) is 0 Å². The summed E-state index contributed by atoms with van der Waals surface area (Å²) in [4.78, 5) is 2.63. The Kier molecular flexibility index (Phi) is 4.94. The molecular weight excluding hydrogens is 426 g/mol. The summed E-state index contributed by atoms with van der Waals surface area (Å²) in [5.41, 5.74) is 9.29. The normalized spacial score (nSPS) is 27.2. The summed E-state index contributed by atoms with van der Waals surface area (Å²) < 4.78 is 7.13. The first-order valence-corrected chi connectivity index (χ1v) is 13.2. The van der Waals surface area contributed by atoms with Gasteiger partial charge in [0.15, 0.2) is 0 Å². The third-order valence-electron chi connectivity index (χ3n) is 8.28. The van der Waals surface area contributed by atoms with E-state index in [1.165, 1.54) is 59.3 Å². The second-order valence-electron chi connectivity index (χ2n) is 10.4. The fraction of sp³-hybridized carbons (Fsp3) is 0.273. The van der Waals surface area contributed by atoms with E-state index >= 15 is 0 Å². The Morgan fingerprint density at radius 2 is 1.46 bits per heavy atom. The van der Waals surface area contributed by atoms with Crippen LogP contribution in [0.4, 0.5) is 5.69 Å². The van der Waals surface area contributed by atoms with Crippen molar-refractivity contribution in [2.75, 3.05) is 4.90 Å². The van der Waals surface area contributed by atoms with E-state index in [1.54, 1.807) is 5.57 Å². The molecule has 0 saturated heterocycles. The Bertz CT molecular complexity index is 1350. The van der Waals surface area contributed by atoms with Gasteiger partial charge in [-0.05, 0) is 97.1 Å². The maximum Gasteiger partial charge on any atom is 0.213 e. The molecule has 3 aromatic carbocycles. The van der Waals surface area contributed by atoms with E-state index in [0.717, 1.165) is 25.0 Å². The lowest BCUT2D eigenvalue weighted by Crippen LogP contribution is -2.60. The van der Waals surface area contributed by atoms with Crippen LogP contribution in [0.5, 0.6) is 5.75 Å². The molecule has 0 aromatic heterocycles. The lowest BCUT2D eigenvalue weighted by atomic mass is 9.68. The highest BCUT2D eigenvalue weighted by atomic mass is 16.5. The van der Waals surface area contributed by atoms with Gasteiger partial charge in [0, 0.05) is 11.6 Å². The third-order valence-corrected chi connectivity index (χ3v) is 8.28. The maximum absolute atomic E-state index is 7.13. The van der Waals surface area contributed by atoms with E-state index < -0.39 is 5.72 Å². The van der Waals surface area contributed by atoms with Crippen molar-refractivity contribution in [1.29, 1.82) is 0 Å². The minimum absolute atomic E-state index is 0.427. The quantitative estimate of drug-likeness (QED) is 0.383. The molecule has 2 heterocycles. The predicted molar refractivity (Wildman–Crippen MR) is 144 cm³/mol. The van der Waals surface area contributed by atoms with Crippen molar-refractivity contribution in [2.45, 2.75) is 50.7 Å². The summed E-state index contributed by atoms with van der Waals surface area (Å²) >= 11 is 0. The number of rotatable bonds is 2. The van der Waals surface area contributed by atoms with E-state index in [4.69, 9.17) is 4.74 Å². The number of fused-ring (bicyclic) bond motifs is 3. The molecule has 2 aliphatic carbocycles. The molecule has 1 spiro atoms. The van der Waals surface area contributed by atoms with Crippen LogP contribution in [-0.2, 0) is 0 Å². The standard InChI is InChI=1S/C33H31NO/c1-3-11-24(12-4-1)21-26-15-9-16-27-23-29-18-10-17-28(22-25-13-5-2-6-14-25)33(29)34(32(26)27)30-19-7-8-20-31(30)35-33/h1-8,11-14,19-22,29H,9-10,15-18,23H2/b26-21+,28-22+. The monoisotopic (exact) mass is 457 g/mol. The molecule has 7 rings (SSSR count). The van der Waals surface area contributed by atoms with Gasteiger partial charge in [0.2, 0.25) is 5.72 Å². The average molecular weight is 458 g/mol. The van der Waals surface area contributed by atoms with Crippen molar-refractivity contribution in [3.63, 3.8) is 0 Å². The molecule has 0 N–H and O–H groups in total. The first-order chi connectivity index (χ1) is 17.3. The van der Waals surface area contributed by atoms with Gasteiger partial charge in [-0.3, -0.25) is 4.90 Å². The van der Waals surface area contributed by atoms with Crippen molar-refractivity contribution in [1.82, 2.24) is 0 Å². The van der Waals surface area contributed by atoms with Crippen molar-refractivity contribution < 1.29 is 4.74 Å². The highest BCUT2D eigenvalue weighted by molar-refractivity contribution is 5.78. The molecule has 1 saturated carbocycles. The van der Waals surface area contributed by atoms with Gasteiger partial charge in [0.1, 0.15) is 5.75 Å². The summed E-state index contributed by atoms with van der Waals surface area (Å²) in [5.74, 6) is 1.49. The van der Waals surface area contributed by atoms with Gasteiger partial charge in [-0.15, -0.1) is 0 Å². The summed E-state index contributed by atoms with van der Waals surface area (Å²) in [6.07, 6.45) is 13.1. The Morgan fingerprint density at radius 3 is 2.26 bits per heavy atom. The highest BCUT2D eigenvalue weighted by Crippen LogP contribution is 2.61. The maximum atomic E-state index is 7.13. The average Bonchev–Trinajstić information content (AvgIpc) is 3.25. The smallest absolute Gasteiger partial charge is 0.213 e. The number of nitrogens with zero attached hydrogens (tertiary/aromatic N) is 1. The van der Waals surface area contributed by atoms with E-state index in [-0.39, 0.29) is 0 Å². The summed E-state index contributed by atoms with van der Waals surface area (Å²) in [6.45, 7) is 0. The van der Waals surface area contributed by atoms with Crippen molar-refractivity contribution >= 4 is 17.8 Å². The molecular formula is C33H31NO. The Labute approximate surface area is 208 Å². The Morgan fingerprint density at radius 1 is 0.743 bits per heavy atom. The van der Waals surface area contributed by atoms with Crippen LogP contribution in [0.3, 0.4) is 0 Å². The first kappa shape index (κ1) is 20.8. The zero-order valence-electron chi connectivity index (χ0n) is 20.1. The number of benzene rings is 3. The third kappa shape index (κ3) is 3.31. The molecule has 4 aliphatic rings. The predicted octanol–water partition coefficient (Wildman–Crippen LogP) is 8.39. The van der Waals surface area contributed by atoms with Gasteiger partial charge in [-0.2, -0.15) is 0 Å². The second kappa shape index (κ2) is 8.30. The number of hydrogen-bond acceptors (Lipinski definition) is 2. The molecule has 0 bridgehead atoms. The summed E-state index contributed by atoms with van der Waals surface area (Å²) in [7, 11) is 0. The molecule has 2 atom stereocenters. The van der Waals surface area contributed by atoms with Crippen molar-refractivity contribution in [3.05, 3.63) is 118 Å². The minimum atomic E-state index is -0.427. The van der Waals surface area contributed by atoms with Gasteiger partial charge < -0.3 is 4.74 Å². The second-order valence-corrected chi connectivity index (χ2v) is 10.4. The number of anilines is 1. The van der Waals surface area contributed by atoms with Crippen LogP contribution in [0.25, 0.3) is 12.2 Å². The van der Waals surface area contributed by atoms with E-state index in [2.05, 4.69) is 102 Å². The Balaban J connectivity index is 1.45. The SMILES string of the molecule is C(=C1/CCCC2=C1N1c3ccccc3OC13/C(=C/c1ccccc1)CCCC3C2)/c1ccccc1. The fourth-order valence-corrected chi connectivity index (χ4v) is 6.87. The van der Waals surface area contributed by atoms with E-state index in [9.17, 15) is 0 Å². The van der Waals surface area contributed by atoms with Gasteiger partial charge in [-0.1, -0.05) is 72.8 Å². The number of ether oxygens (including phenoxy) is 1. The van der Waals surface area contributed by atoms with Crippen molar-refractivity contribution in [3.8, 4) is 5.75 Å². The fourth-order valence-electron chi connectivity index (χ4n) is 6.87.